The topological polar surface area (TPSA) is 0 Å². The summed E-state index contributed by atoms with van der Waals surface area (Å²) in [5, 5.41) is 3.57. The Labute approximate surface area is 200 Å². The second-order valence-corrected chi connectivity index (χ2v) is 8.39. The summed E-state index contributed by atoms with van der Waals surface area (Å²) < 4.78 is 1.35. The molecule has 0 nitrogen and oxygen atoms in total. The molecular formula is C27H18SY-2. The van der Waals surface area contributed by atoms with Gasteiger partial charge in [-0.15, -0.1) is 29.1 Å². The van der Waals surface area contributed by atoms with Gasteiger partial charge >= 0.3 is 0 Å². The third-order valence-corrected chi connectivity index (χ3v) is 7.06. The second kappa shape index (κ2) is 7.40. The molecule has 1 radical (unpaired) electrons. The maximum absolute atomic E-state index is 3.60. The third kappa shape index (κ3) is 2.61. The van der Waals surface area contributed by atoms with Crippen LogP contribution in [0.2, 0.25) is 0 Å². The predicted octanol–water partition coefficient (Wildman–Crippen LogP) is 6.96. The molecule has 0 spiro atoms. The molecule has 0 saturated heterocycles. The second-order valence-electron chi connectivity index (χ2n) is 7.44. The van der Waals surface area contributed by atoms with E-state index in [4.69, 9.17) is 0 Å². The molecule has 2 aliphatic carbocycles. The molecule has 137 valence electrons. The van der Waals surface area contributed by atoms with Crippen molar-refractivity contribution in [1.82, 2.24) is 0 Å². The number of hydrogen-bond acceptors (Lipinski definition) is 1. The van der Waals surface area contributed by atoms with Crippen LogP contribution >= 0.6 is 11.3 Å². The molecular weight excluding hydrogens is 445 g/mol. The SMILES string of the molecule is [Y].[c-]1ccccc1C1(C2C=CC=C[CH-]2)c2ccccc2-c2c1ccc1sccc21. The zero-order valence-corrected chi connectivity index (χ0v) is 19.5. The Bertz CT molecular complexity index is 1250. The minimum atomic E-state index is -0.259. The molecule has 0 saturated carbocycles. The van der Waals surface area contributed by atoms with Gasteiger partial charge in [0.2, 0.25) is 0 Å². The van der Waals surface area contributed by atoms with E-state index in [2.05, 4.69) is 103 Å². The van der Waals surface area contributed by atoms with Gasteiger partial charge in [-0.2, -0.15) is 30.3 Å². The molecule has 0 fully saturated rings. The molecule has 0 bridgehead atoms. The van der Waals surface area contributed by atoms with E-state index in [0.717, 1.165) is 0 Å². The first-order valence-electron chi connectivity index (χ1n) is 9.67. The van der Waals surface area contributed by atoms with Gasteiger partial charge < -0.3 is 0 Å². The standard InChI is InChI=1S/C27H18S.Y/c1-3-9-19(10-4-1)27(20-11-5-2-6-12-20)23-14-8-7-13-21(23)26-22-17-18-28-25(22)16-15-24(26)27;/h1-11,13-19H;/q-2;. The van der Waals surface area contributed by atoms with Crippen LogP contribution in [0.15, 0.2) is 96.4 Å². The molecule has 1 aromatic heterocycles. The molecule has 2 aliphatic rings. The number of thiophene rings is 1. The largest absolute Gasteiger partial charge is 0.228 e. The van der Waals surface area contributed by atoms with Crippen molar-refractivity contribution in [2.24, 2.45) is 5.92 Å². The van der Waals surface area contributed by atoms with E-state index in [1.165, 1.54) is 37.9 Å². The van der Waals surface area contributed by atoms with Gasteiger partial charge in [0.1, 0.15) is 0 Å². The van der Waals surface area contributed by atoms with E-state index >= 15 is 0 Å². The van der Waals surface area contributed by atoms with Crippen molar-refractivity contribution in [3.63, 3.8) is 0 Å². The van der Waals surface area contributed by atoms with Crippen molar-refractivity contribution in [2.45, 2.75) is 5.41 Å². The molecule has 0 N–H and O–H groups in total. The molecule has 2 atom stereocenters. The zero-order chi connectivity index (χ0) is 18.6. The summed E-state index contributed by atoms with van der Waals surface area (Å²) in [5.41, 5.74) is 6.50. The van der Waals surface area contributed by atoms with Crippen LogP contribution in [0.5, 0.6) is 0 Å². The summed E-state index contributed by atoms with van der Waals surface area (Å²) in [5.74, 6) is 0.245. The number of fused-ring (bicyclic) bond motifs is 5. The molecule has 3 aromatic carbocycles. The van der Waals surface area contributed by atoms with Crippen molar-refractivity contribution in [3.8, 4) is 11.1 Å². The molecule has 2 heteroatoms. The van der Waals surface area contributed by atoms with Crippen molar-refractivity contribution in [2.75, 3.05) is 0 Å². The van der Waals surface area contributed by atoms with E-state index < -0.39 is 0 Å². The van der Waals surface area contributed by atoms with E-state index in [9.17, 15) is 0 Å². The van der Waals surface area contributed by atoms with Gasteiger partial charge in [0.15, 0.2) is 0 Å². The summed E-state index contributed by atoms with van der Waals surface area (Å²) >= 11 is 1.82. The predicted molar refractivity (Wildman–Crippen MR) is 118 cm³/mol. The smallest absolute Gasteiger partial charge is 0.0349 e. The average Bonchev–Trinajstić information content (AvgIpc) is 3.36. The van der Waals surface area contributed by atoms with Crippen molar-refractivity contribution in [3.05, 3.63) is 126 Å². The van der Waals surface area contributed by atoms with Gasteiger partial charge in [0, 0.05) is 48.2 Å². The van der Waals surface area contributed by atoms with Crippen LogP contribution in [0.4, 0.5) is 0 Å². The fraction of sp³-hybridized carbons (Fsp3) is 0.0741. The quantitative estimate of drug-likeness (QED) is 0.282. The fourth-order valence-electron chi connectivity index (χ4n) is 5.11. The number of rotatable bonds is 2. The summed E-state index contributed by atoms with van der Waals surface area (Å²) in [6.07, 6.45) is 11.1. The van der Waals surface area contributed by atoms with Crippen LogP contribution in [-0.4, -0.2) is 0 Å². The minimum absolute atomic E-state index is 0. The maximum atomic E-state index is 3.60. The Hall–Kier alpha value is -1.93. The van der Waals surface area contributed by atoms with E-state index in [1.54, 1.807) is 0 Å². The first-order chi connectivity index (χ1) is 13.9. The third-order valence-electron chi connectivity index (χ3n) is 6.17. The molecule has 1 heterocycles. The van der Waals surface area contributed by atoms with Gasteiger partial charge in [-0.3, -0.25) is 0 Å². The first kappa shape index (κ1) is 19.1. The Morgan fingerprint density at radius 2 is 1.79 bits per heavy atom. The molecule has 29 heavy (non-hydrogen) atoms. The van der Waals surface area contributed by atoms with Crippen LogP contribution in [0.25, 0.3) is 21.2 Å². The summed E-state index contributed by atoms with van der Waals surface area (Å²) in [7, 11) is 0. The van der Waals surface area contributed by atoms with Gasteiger partial charge in [0.25, 0.3) is 0 Å². The van der Waals surface area contributed by atoms with Crippen molar-refractivity contribution in [1.29, 1.82) is 0 Å². The van der Waals surface area contributed by atoms with Gasteiger partial charge in [0.05, 0.1) is 0 Å². The molecule has 2 unspecified atom stereocenters. The Morgan fingerprint density at radius 3 is 2.62 bits per heavy atom. The fourth-order valence-corrected chi connectivity index (χ4v) is 5.90. The van der Waals surface area contributed by atoms with Gasteiger partial charge in [-0.1, -0.05) is 36.2 Å². The summed E-state index contributed by atoms with van der Waals surface area (Å²) in [6.45, 7) is 0. The Kier molecular flexibility index (Phi) is 4.86. The maximum Gasteiger partial charge on any atom is 0.0349 e. The summed E-state index contributed by atoms with van der Waals surface area (Å²) in [4.78, 5) is 0. The monoisotopic (exact) mass is 463 g/mol. The van der Waals surface area contributed by atoms with Crippen LogP contribution in [0, 0.1) is 18.4 Å². The Morgan fingerprint density at radius 1 is 0.897 bits per heavy atom. The summed E-state index contributed by atoms with van der Waals surface area (Å²) in [6, 6.07) is 28.0. The Balaban J connectivity index is 0.00000181. The van der Waals surface area contributed by atoms with Crippen LogP contribution in [0.3, 0.4) is 0 Å². The first-order valence-corrected chi connectivity index (χ1v) is 10.5. The minimum Gasteiger partial charge on any atom is -0.228 e. The van der Waals surface area contributed by atoms with E-state index in [0.29, 0.717) is 0 Å². The number of hydrogen-bond donors (Lipinski definition) is 0. The van der Waals surface area contributed by atoms with Gasteiger partial charge in [-0.25, -0.2) is 18.6 Å². The molecule has 0 aliphatic heterocycles. The zero-order valence-electron chi connectivity index (χ0n) is 15.9. The van der Waals surface area contributed by atoms with Crippen LogP contribution in [-0.2, 0) is 38.1 Å². The van der Waals surface area contributed by atoms with Crippen LogP contribution < -0.4 is 0 Å². The van der Waals surface area contributed by atoms with E-state index in [1.807, 2.05) is 17.4 Å². The molecule has 4 aromatic rings. The van der Waals surface area contributed by atoms with Gasteiger partial charge in [-0.05, 0) is 39.8 Å². The normalized spacial score (nSPS) is 21.3. The molecule has 0 amide bonds. The average molecular weight is 463 g/mol. The van der Waals surface area contributed by atoms with E-state index in [-0.39, 0.29) is 44.0 Å². The van der Waals surface area contributed by atoms with Crippen molar-refractivity contribution >= 4 is 21.4 Å². The van der Waals surface area contributed by atoms with Crippen molar-refractivity contribution < 1.29 is 32.7 Å². The van der Waals surface area contributed by atoms with Crippen LogP contribution in [0.1, 0.15) is 16.7 Å². The molecule has 6 rings (SSSR count). The number of benzene rings is 3. The number of allylic oxidation sites excluding steroid dienone is 4.